The molecule has 0 amide bonds. The number of benzene rings is 2. The third kappa shape index (κ3) is 2.89. The van der Waals surface area contributed by atoms with Crippen molar-refractivity contribution in [1.29, 1.82) is 0 Å². The van der Waals surface area contributed by atoms with Crippen molar-refractivity contribution in [1.82, 2.24) is 9.55 Å². The molecule has 1 atom stereocenters. The third-order valence-electron chi connectivity index (χ3n) is 3.77. The predicted octanol–water partition coefficient (Wildman–Crippen LogP) is 1.01. The fourth-order valence-electron chi connectivity index (χ4n) is 2.68. The van der Waals surface area contributed by atoms with E-state index in [1.54, 1.807) is 11.7 Å². The molecule has 0 radical (unpaired) electrons. The highest BCUT2D eigenvalue weighted by molar-refractivity contribution is 5.74. The van der Waals surface area contributed by atoms with Gasteiger partial charge in [-0.2, -0.15) is 0 Å². The summed E-state index contributed by atoms with van der Waals surface area (Å²) < 4.78 is 6.95. The minimum absolute atomic E-state index is 0.0599. The number of hydrogen-bond donors (Lipinski definition) is 2. The Balaban J connectivity index is 1.76. The standard InChI is InChI=1S/C17H19N3O2/c1-19(11-13-7-9-14(22-2)10-8-13)12-20-16-6-4-3-5-15(16)18-17(20)21/h3-10H,11-12H2,1-2H3,(H,18,21)/p+1. The molecule has 1 heterocycles. The highest BCUT2D eigenvalue weighted by atomic mass is 16.5. The molecule has 0 aliphatic heterocycles. The van der Waals surface area contributed by atoms with Crippen LogP contribution in [0.1, 0.15) is 5.56 Å². The first-order valence-electron chi connectivity index (χ1n) is 7.29. The molecule has 1 aromatic heterocycles. The molecule has 114 valence electrons. The number of quaternary nitrogens is 1. The minimum Gasteiger partial charge on any atom is -0.497 e. The van der Waals surface area contributed by atoms with Gasteiger partial charge in [-0.3, -0.25) is 0 Å². The zero-order valence-electron chi connectivity index (χ0n) is 12.8. The van der Waals surface area contributed by atoms with Gasteiger partial charge >= 0.3 is 5.69 Å². The van der Waals surface area contributed by atoms with Crippen molar-refractivity contribution in [2.24, 2.45) is 0 Å². The van der Waals surface area contributed by atoms with E-state index in [-0.39, 0.29) is 5.69 Å². The first-order chi connectivity index (χ1) is 10.7. The second kappa shape index (κ2) is 6.07. The molecular formula is C17H20N3O2+. The highest BCUT2D eigenvalue weighted by Crippen LogP contribution is 2.10. The van der Waals surface area contributed by atoms with Crippen molar-refractivity contribution in [3.63, 3.8) is 0 Å². The molecule has 3 aromatic rings. The van der Waals surface area contributed by atoms with Gasteiger partial charge in [0.1, 0.15) is 12.3 Å². The number of aromatic nitrogens is 2. The molecule has 2 N–H and O–H groups in total. The zero-order chi connectivity index (χ0) is 15.5. The van der Waals surface area contributed by atoms with E-state index < -0.39 is 0 Å². The molecular weight excluding hydrogens is 278 g/mol. The number of para-hydroxylation sites is 2. The molecule has 22 heavy (non-hydrogen) atoms. The van der Waals surface area contributed by atoms with E-state index >= 15 is 0 Å². The number of H-pyrrole nitrogens is 1. The van der Waals surface area contributed by atoms with E-state index in [9.17, 15) is 4.79 Å². The summed E-state index contributed by atoms with van der Waals surface area (Å²) in [6, 6.07) is 15.8. The van der Waals surface area contributed by atoms with Crippen LogP contribution in [0, 0.1) is 0 Å². The number of aromatic amines is 1. The normalized spacial score (nSPS) is 12.5. The second-order valence-electron chi connectivity index (χ2n) is 5.52. The molecule has 0 bridgehead atoms. The minimum atomic E-state index is -0.0599. The Bertz CT molecular complexity index is 818. The Kier molecular flexibility index (Phi) is 3.98. The molecule has 0 saturated carbocycles. The first-order valence-corrected chi connectivity index (χ1v) is 7.29. The number of fused-ring (bicyclic) bond motifs is 1. The Morgan fingerprint density at radius 3 is 2.59 bits per heavy atom. The fraction of sp³-hybridized carbons (Fsp3) is 0.235. The molecule has 0 saturated heterocycles. The number of imidazole rings is 1. The SMILES string of the molecule is COc1ccc(C[NH+](C)Cn2c(=O)[nH]c3ccccc32)cc1. The van der Waals surface area contributed by atoms with Gasteiger partial charge < -0.3 is 14.6 Å². The number of nitrogens with one attached hydrogen (secondary N) is 2. The Labute approximate surface area is 128 Å². The van der Waals surface area contributed by atoms with Gasteiger partial charge in [-0.25, -0.2) is 9.36 Å². The largest absolute Gasteiger partial charge is 0.497 e. The van der Waals surface area contributed by atoms with Crippen LogP contribution in [0.3, 0.4) is 0 Å². The number of rotatable bonds is 5. The van der Waals surface area contributed by atoms with E-state index in [0.717, 1.165) is 23.3 Å². The summed E-state index contributed by atoms with van der Waals surface area (Å²) in [4.78, 5) is 16.2. The molecule has 5 nitrogen and oxygen atoms in total. The Morgan fingerprint density at radius 1 is 1.14 bits per heavy atom. The topological polar surface area (TPSA) is 51.5 Å². The van der Waals surface area contributed by atoms with Crippen molar-refractivity contribution >= 4 is 11.0 Å². The summed E-state index contributed by atoms with van der Waals surface area (Å²) in [5.41, 5.74) is 2.98. The van der Waals surface area contributed by atoms with Gasteiger partial charge in [-0.05, 0) is 36.4 Å². The summed E-state index contributed by atoms with van der Waals surface area (Å²) in [5, 5.41) is 0. The van der Waals surface area contributed by atoms with Gasteiger partial charge in [-0.15, -0.1) is 0 Å². The summed E-state index contributed by atoms with van der Waals surface area (Å²) in [6.07, 6.45) is 0. The van der Waals surface area contributed by atoms with E-state index in [2.05, 4.69) is 24.2 Å². The van der Waals surface area contributed by atoms with E-state index in [1.165, 1.54) is 10.5 Å². The van der Waals surface area contributed by atoms with Crippen LogP contribution in [0.2, 0.25) is 0 Å². The third-order valence-corrected chi connectivity index (χ3v) is 3.77. The number of hydrogen-bond acceptors (Lipinski definition) is 2. The molecule has 1 unspecified atom stereocenters. The van der Waals surface area contributed by atoms with Crippen LogP contribution in [0.15, 0.2) is 53.3 Å². The van der Waals surface area contributed by atoms with Gasteiger partial charge in [0.2, 0.25) is 0 Å². The number of ether oxygens (including phenoxy) is 1. The van der Waals surface area contributed by atoms with Crippen molar-refractivity contribution in [3.8, 4) is 5.75 Å². The van der Waals surface area contributed by atoms with Gasteiger partial charge in [0.05, 0.1) is 25.2 Å². The van der Waals surface area contributed by atoms with E-state index in [4.69, 9.17) is 4.74 Å². The molecule has 3 rings (SSSR count). The van der Waals surface area contributed by atoms with Gasteiger partial charge in [0.25, 0.3) is 0 Å². The summed E-state index contributed by atoms with van der Waals surface area (Å²) in [6.45, 7) is 1.46. The van der Waals surface area contributed by atoms with Crippen LogP contribution in [-0.4, -0.2) is 23.7 Å². The lowest BCUT2D eigenvalue weighted by Gasteiger charge is -2.15. The van der Waals surface area contributed by atoms with Crippen LogP contribution in [0.25, 0.3) is 11.0 Å². The summed E-state index contributed by atoms with van der Waals surface area (Å²) in [5.74, 6) is 0.856. The smallest absolute Gasteiger partial charge is 0.330 e. The highest BCUT2D eigenvalue weighted by Gasteiger charge is 2.11. The first kappa shape index (κ1) is 14.4. The average Bonchev–Trinajstić information content (AvgIpc) is 2.84. The molecule has 0 aliphatic carbocycles. The van der Waals surface area contributed by atoms with Crippen molar-refractivity contribution in [2.75, 3.05) is 14.2 Å². The van der Waals surface area contributed by atoms with Crippen LogP contribution in [-0.2, 0) is 13.2 Å². The van der Waals surface area contributed by atoms with Gasteiger partial charge in [0, 0.05) is 5.56 Å². The maximum absolute atomic E-state index is 12.1. The molecule has 0 aliphatic rings. The van der Waals surface area contributed by atoms with Crippen molar-refractivity contribution < 1.29 is 9.64 Å². The second-order valence-corrected chi connectivity index (χ2v) is 5.52. The van der Waals surface area contributed by atoms with E-state index in [1.807, 2.05) is 36.4 Å². The lowest BCUT2D eigenvalue weighted by atomic mass is 10.2. The quantitative estimate of drug-likeness (QED) is 0.739. The van der Waals surface area contributed by atoms with Crippen LogP contribution in [0.4, 0.5) is 0 Å². The van der Waals surface area contributed by atoms with Crippen LogP contribution >= 0.6 is 0 Å². The fourth-order valence-corrected chi connectivity index (χ4v) is 2.68. The zero-order valence-corrected chi connectivity index (χ0v) is 12.8. The lowest BCUT2D eigenvalue weighted by molar-refractivity contribution is -0.916. The molecule has 5 heteroatoms. The van der Waals surface area contributed by atoms with Crippen molar-refractivity contribution in [2.45, 2.75) is 13.2 Å². The molecule has 2 aromatic carbocycles. The maximum Gasteiger partial charge on any atom is 0.330 e. The van der Waals surface area contributed by atoms with E-state index in [0.29, 0.717) is 6.67 Å². The predicted molar refractivity (Wildman–Crippen MR) is 86.1 cm³/mol. The van der Waals surface area contributed by atoms with Crippen LogP contribution < -0.4 is 15.3 Å². The van der Waals surface area contributed by atoms with Crippen LogP contribution in [0.5, 0.6) is 5.75 Å². The van der Waals surface area contributed by atoms with Crippen molar-refractivity contribution in [3.05, 3.63) is 64.6 Å². The van der Waals surface area contributed by atoms with Gasteiger partial charge in [0.15, 0.2) is 6.67 Å². The Morgan fingerprint density at radius 2 is 1.86 bits per heavy atom. The summed E-state index contributed by atoms with van der Waals surface area (Å²) >= 11 is 0. The summed E-state index contributed by atoms with van der Waals surface area (Å²) in [7, 11) is 3.74. The Hall–Kier alpha value is -2.53. The maximum atomic E-state index is 12.1. The monoisotopic (exact) mass is 298 g/mol. The number of methoxy groups -OCH3 is 1. The molecule has 0 spiro atoms. The lowest BCUT2D eigenvalue weighted by Crippen LogP contribution is -3.07. The number of nitrogens with zero attached hydrogens (tertiary/aromatic N) is 1. The van der Waals surface area contributed by atoms with Gasteiger partial charge in [-0.1, -0.05) is 12.1 Å². The average molecular weight is 298 g/mol. The molecule has 0 fully saturated rings.